The van der Waals surface area contributed by atoms with Gasteiger partial charge in [-0.05, 0) is 43.7 Å². The van der Waals surface area contributed by atoms with E-state index in [1.54, 1.807) is 46.4 Å². The maximum atomic E-state index is 13.3. The van der Waals surface area contributed by atoms with Crippen LogP contribution in [0.2, 0.25) is 5.02 Å². The van der Waals surface area contributed by atoms with Crippen LogP contribution in [0.4, 0.5) is 5.69 Å². The van der Waals surface area contributed by atoms with Crippen molar-refractivity contribution in [2.75, 3.05) is 18.5 Å². The first kappa shape index (κ1) is 18.9. The number of carbonyl (C=O) groups excluding carboxylic acids is 2. The van der Waals surface area contributed by atoms with Crippen molar-refractivity contribution in [3.63, 3.8) is 0 Å². The Kier molecular flexibility index (Phi) is 5.08. The van der Waals surface area contributed by atoms with Crippen molar-refractivity contribution < 1.29 is 9.59 Å². The molecule has 0 spiro atoms. The number of nitrogens with zero attached hydrogens (tertiary/aromatic N) is 3. The van der Waals surface area contributed by atoms with Gasteiger partial charge in [0.05, 0.1) is 27.5 Å². The molecule has 2 amide bonds. The Morgan fingerprint density at radius 1 is 1.29 bits per heavy atom. The van der Waals surface area contributed by atoms with Crippen molar-refractivity contribution in [1.29, 1.82) is 0 Å². The number of hydrogen-bond donors (Lipinski definition) is 0. The lowest BCUT2D eigenvalue weighted by atomic mass is 10.1. The van der Waals surface area contributed by atoms with E-state index in [0.29, 0.717) is 29.2 Å². The quantitative estimate of drug-likeness (QED) is 0.610. The van der Waals surface area contributed by atoms with Gasteiger partial charge >= 0.3 is 0 Å². The highest BCUT2D eigenvalue weighted by molar-refractivity contribution is 7.18. The fourth-order valence-corrected chi connectivity index (χ4v) is 4.64. The van der Waals surface area contributed by atoms with Gasteiger partial charge in [-0.15, -0.1) is 11.3 Å². The molecule has 7 heteroatoms. The Morgan fingerprint density at radius 3 is 2.79 bits per heavy atom. The fourth-order valence-electron chi connectivity index (χ4n) is 3.41. The molecular formula is C21H20ClN3O2S. The highest BCUT2D eigenvalue weighted by Gasteiger charge is 2.29. The van der Waals surface area contributed by atoms with Gasteiger partial charge in [-0.25, -0.2) is 4.98 Å². The number of anilines is 1. The zero-order valence-electron chi connectivity index (χ0n) is 15.7. The van der Waals surface area contributed by atoms with Crippen LogP contribution in [-0.2, 0) is 4.79 Å². The Morgan fingerprint density at radius 2 is 2.07 bits per heavy atom. The molecule has 1 aliphatic heterocycles. The Labute approximate surface area is 172 Å². The van der Waals surface area contributed by atoms with E-state index in [4.69, 9.17) is 11.6 Å². The summed E-state index contributed by atoms with van der Waals surface area (Å²) in [5.41, 5.74) is 2.00. The van der Waals surface area contributed by atoms with Crippen LogP contribution in [0.15, 0.2) is 42.5 Å². The standard InChI is InChI=1S/C21H20ClN3O2S/c1-13(20-23-16-6-3-4-7-18(16)28-20)24(2)21(27)15-10-9-14(22)12-17(15)25-11-5-8-19(25)26/h3-4,6-7,9-10,12-13H,5,8,11H2,1-2H3/t13-/m1/s1. The van der Waals surface area contributed by atoms with Crippen LogP contribution >= 0.6 is 22.9 Å². The van der Waals surface area contributed by atoms with Crippen LogP contribution < -0.4 is 4.90 Å². The number of amides is 2. The van der Waals surface area contributed by atoms with Gasteiger partial charge in [0.2, 0.25) is 5.91 Å². The summed E-state index contributed by atoms with van der Waals surface area (Å²) in [6.07, 6.45) is 1.29. The summed E-state index contributed by atoms with van der Waals surface area (Å²) in [7, 11) is 1.77. The Hall–Kier alpha value is -2.44. The maximum absolute atomic E-state index is 13.3. The van der Waals surface area contributed by atoms with E-state index in [-0.39, 0.29) is 17.9 Å². The first-order valence-electron chi connectivity index (χ1n) is 9.18. The molecule has 0 unspecified atom stereocenters. The molecule has 2 aromatic carbocycles. The van der Waals surface area contributed by atoms with Crippen LogP contribution in [0.5, 0.6) is 0 Å². The van der Waals surface area contributed by atoms with E-state index in [2.05, 4.69) is 4.98 Å². The lowest BCUT2D eigenvalue weighted by Gasteiger charge is -2.26. The molecule has 0 radical (unpaired) electrons. The van der Waals surface area contributed by atoms with Crippen molar-refractivity contribution in [1.82, 2.24) is 9.88 Å². The smallest absolute Gasteiger partial charge is 0.256 e. The molecule has 0 saturated carbocycles. The van der Waals surface area contributed by atoms with Crippen molar-refractivity contribution in [3.05, 3.63) is 58.1 Å². The number of carbonyl (C=O) groups is 2. The van der Waals surface area contributed by atoms with Crippen molar-refractivity contribution in [2.24, 2.45) is 0 Å². The summed E-state index contributed by atoms with van der Waals surface area (Å²) in [5, 5.41) is 1.39. The maximum Gasteiger partial charge on any atom is 0.256 e. The number of para-hydroxylation sites is 1. The summed E-state index contributed by atoms with van der Waals surface area (Å²) in [6.45, 7) is 2.57. The number of rotatable bonds is 4. The van der Waals surface area contributed by atoms with Gasteiger partial charge in [0.25, 0.3) is 5.91 Å². The molecule has 0 bridgehead atoms. The second-order valence-corrected chi connectivity index (χ2v) is 8.42. The van der Waals surface area contributed by atoms with E-state index in [0.717, 1.165) is 21.6 Å². The Balaban J connectivity index is 1.66. The molecule has 5 nitrogen and oxygen atoms in total. The second kappa shape index (κ2) is 7.53. The monoisotopic (exact) mass is 413 g/mol. The highest BCUT2D eigenvalue weighted by Crippen LogP contribution is 2.33. The minimum atomic E-state index is -0.192. The minimum absolute atomic E-state index is 0.0261. The minimum Gasteiger partial charge on any atom is -0.332 e. The van der Waals surface area contributed by atoms with Gasteiger partial charge in [-0.2, -0.15) is 0 Å². The average Bonchev–Trinajstić information content (AvgIpc) is 3.32. The highest BCUT2D eigenvalue weighted by atomic mass is 35.5. The fraction of sp³-hybridized carbons (Fsp3) is 0.286. The molecule has 144 valence electrons. The topological polar surface area (TPSA) is 53.5 Å². The van der Waals surface area contributed by atoms with Gasteiger partial charge in [-0.3, -0.25) is 9.59 Å². The predicted octanol–water partition coefficient (Wildman–Crippen LogP) is 4.91. The largest absolute Gasteiger partial charge is 0.332 e. The molecule has 1 fully saturated rings. The lowest BCUT2D eigenvalue weighted by Crippen LogP contribution is -2.32. The van der Waals surface area contributed by atoms with E-state index < -0.39 is 0 Å². The van der Waals surface area contributed by atoms with Crippen LogP contribution in [0.3, 0.4) is 0 Å². The normalized spacial score (nSPS) is 15.2. The number of hydrogen-bond acceptors (Lipinski definition) is 4. The van der Waals surface area contributed by atoms with Gasteiger partial charge < -0.3 is 9.80 Å². The molecule has 3 aromatic rings. The molecule has 4 rings (SSSR count). The summed E-state index contributed by atoms with van der Waals surface area (Å²) in [6, 6.07) is 12.8. The summed E-state index contributed by atoms with van der Waals surface area (Å²) >= 11 is 7.75. The molecule has 2 heterocycles. The van der Waals surface area contributed by atoms with Crippen molar-refractivity contribution >= 4 is 50.7 Å². The molecule has 1 atom stereocenters. The molecule has 28 heavy (non-hydrogen) atoms. The van der Waals surface area contributed by atoms with Crippen LogP contribution in [0.25, 0.3) is 10.2 Å². The molecule has 1 saturated heterocycles. The van der Waals surface area contributed by atoms with Gasteiger partial charge in [0.1, 0.15) is 5.01 Å². The number of aromatic nitrogens is 1. The Bertz CT molecular complexity index is 1030. The molecule has 1 aromatic heterocycles. The van der Waals surface area contributed by atoms with Gasteiger partial charge in [0.15, 0.2) is 0 Å². The molecule has 0 aliphatic carbocycles. The summed E-state index contributed by atoms with van der Waals surface area (Å²) < 4.78 is 1.10. The number of benzene rings is 2. The van der Waals surface area contributed by atoms with E-state index in [1.807, 2.05) is 31.2 Å². The third-order valence-corrected chi connectivity index (χ3v) is 6.57. The first-order valence-corrected chi connectivity index (χ1v) is 10.4. The predicted molar refractivity (Wildman–Crippen MR) is 113 cm³/mol. The molecule has 0 N–H and O–H groups in total. The zero-order chi connectivity index (χ0) is 19.8. The zero-order valence-corrected chi connectivity index (χ0v) is 17.3. The number of thiazole rings is 1. The van der Waals surface area contributed by atoms with Crippen LogP contribution in [0.1, 0.15) is 41.2 Å². The number of halogens is 1. The van der Waals surface area contributed by atoms with E-state index in [9.17, 15) is 9.59 Å². The van der Waals surface area contributed by atoms with Crippen molar-refractivity contribution in [3.8, 4) is 0 Å². The lowest BCUT2D eigenvalue weighted by molar-refractivity contribution is -0.117. The third-order valence-electron chi connectivity index (χ3n) is 5.12. The summed E-state index contributed by atoms with van der Waals surface area (Å²) in [5.74, 6) is -0.128. The molecular weight excluding hydrogens is 394 g/mol. The third kappa shape index (κ3) is 3.38. The first-order chi connectivity index (χ1) is 13.5. The van der Waals surface area contributed by atoms with Gasteiger partial charge in [-0.1, -0.05) is 23.7 Å². The van der Waals surface area contributed by atoms with Crippen molar-refractivity contribution in [2.45, 2.75) is 25.8 Å². The van der Waals surface area contributed by atoms with E-state index >= 15 is 0 Å². The second-order valence-electron chi connectivity index (χ2n) is 6.92. The van der Waals surface area contributed by atoms with Crippen LogP contribution in [0, 0.1) is 0 Å². The van der Waals surface area contributed by atoms with Gasteiger partial charge in [0, 0.05) is 25.0 Å². The van der Waals surface area contributed by atoms with Crippen LogP contribution in [-0.4, -0.2) is 35.3 Å². The summed E-state index contributed by atoms with van der Waals surface area (Å²) in [4.78, 5) is 33.5. The number of fused-ring (bicyclic) bond motifs is 1. The molecule has 1 aliphatic rings. The SMILES string of the molecule is C[C@H](c1nc2ccccc2s1)N(C)C(=O)c1ccc(Cl)cc1N1CCCC1=O. The van der Waals surface area contributed by atoms with E-state index in [1.165, 1.54) is 0 Å². The average molecular weight is 414 g/mol.